The van der Waals surface area contributed by atoms with Gasteiger partial charge < -0.3 is 10.1 Å². The Morgan fingerprint density at radius 1 is 1.33 bits per heavy atom. The molecule has 0 bridgehead atoms. The summed E-state index contributed by atoms with van der Waals surface area (Å²) >= 11 is 1.51. The second-order valence-electron chi connectivity index (χ2n) is 7.94. The first-order valence-corrected chi connectivity index (χ1v) is 11.4. The molecular formula is C18H26N4O3S2. The van der Waals surface area contributed by atoms with Gasteiger partial charge in [0.2, 0.25) is 10.0 Å². The fourth-order valence-electron chi connectivity index (χ4n) is 4.53. The summed E-state index contributed by atoms with van der Waals surface area (Å²) in [6.45, 7) is 8.82. The van der Waals surface area contributed by atoms with E-state index in [2.05, 4.69) is 14.9 Å². The smallest absolute Gasteiger partial charge is 0.244 e. The number of rotatable bonds is 5. The number of aromatic amines is 1. The van der Waals surface area contributed by atoms with Crippen molar-refractivity contribution in [1.29, 1.82) is 0 Å². The highest BCUT2D eigenvalue weighted by Gasteiger charge is 2.54. The molecule has 0 saturated carbocycles. The summed E-state index contributed by atoms with van der Waals surface area (Å²) in [5, 5.41) is 10.2. The first-order valence-electron chi connectivity index (χ1n) is 9.14. The van der Waals surface area contributed by atoms with E-state index in [1.54, 1.807) is 16.7 Å². The van der Waals surface area contributed by atoms with Crippen molar-refractivity contribution >= 4 is 21.4 Å². The molecule has 2 aliphatic rings. The van der Waals surface area contributed by atoms with Crippen molar-refractivity contribution in [2.75, 3.05) is 32.8 Å². The largest absolute Gasteiger partial charge is 0.396 e. The average molecular weight is 411 g/mol. The maximum atomic E-state index is 13.2. The summed E-state index contributed by atoms with van der Waals surface area (Å²) in [5.74, 6) is 0.136. The number of hydrogen-bond donors (Lipinski definition) is 2. The molecule has 0 aromatic carbocycles. The van der Waals surface area contributed by atoms with Crippen molar-refractivity contribution < 1.29 is 13.5 Å². The number of H-pyrrole nitrogens is 1. The monoisotopic (exact) mass is 410 g/mol. The van der Waals surface area contributed by atoms with Crippen LogP contribution in [-0.4, -0.2) is 65.5 Å². The van der Waals surface area contributed by atoms with E-state index < -0.39 is 15.4 Å². The molecule has 27 heavy (non-hydrogen) atoms. The topological polar surface area (TPSA) is 89.5 Å². The van der Waals surface area contributed by atoms with Gasteiger partial charge in [0.1, 0.15) is 0 Å². The minimum atomic E-state index is -3.52. The second-order valence-corrected chi connectivity index (χ2v) is 11.3. The van der Waals surface area contributed by atoms with Crippen LogP contribution in [0.3, 0.4) is 0 Å². The van der Waals surface area contributed by atoms with Gasteiger partial charge in [0, 0.05) is 53.6 Å². The lowest BCUT2D eigenvalue weighted by molar-refractivity contribution is 0.119. The summed E-state index contributed by atoms with van der Waals surface area (Å²) in [6, 6.07) is 1.77. The number of nitrogens with one attached hydrogen (secondary N) is 1. The van der Waals surface area contributed by atoms with Crippen LogP contribution in [0.5, 0.6) is 0 Å². The zero-order valence-corrected chi connectivity index (χ0v) is 17.5. The molecule has 2 atom stereocenters. The van der Waals surface area contributed by atoms with Crippen LogP contribution < -0.4 is 0 Å². The van der Waals surface area contributed by atoms with Crippen molar-refractivity contribution in [3.8, 4) is 0 Å². The van der Waals surface area contributed by atoms with Crippen molar-refractivity contribution in [3.05, 3.63) is 33.5 Å². The van der Waals surface area contributed by atoms with Crippen molar-refractivity contribution in [2.45, 2.75) is 32.2 Å². The van der Waals surface area contributed by atoms with Gasteiger partial charge in [-0.25, -0.2) is 13.4 Å². The normalized spacial score (nSPS) is 26.7. The zero-order chi connectivity index (χ0) is 19.4. The van der Waals surface area contributed by atoms with Crippen LogP contribution in [-0.2, 0) is 16.6 Å². The maximum absolute atomic E-state index is 13.2. The predicted octanol–water partition coefficient (Wildman–Crippen LogP) is 1.51. The SMILES string of the molecule is Cc1cc(S(=O)(=O)N2CC3CN(Cc4nc[nH]c4C)CC3(CO)C2)c(C)s1. The van der Waals surface area contributed by atoms with Crippen LogP contribution in [0.4, 0.5) is 0 Å². The molecule has 2 aromatic rings. The van der Waals surface area contributed by atoms with E-state index in [-0.39, 0.29) is 12.5 Å². The quantitative estimate of drug-likeness (QED) is 0.780. The molecule has 2 unspecified atom stereocenters. The van der Waals surface area contributed by atoms with Crippen LogP contribution >= 0.6 is 11.3 Å². The summed E-state index contributed by atoms with van der Waals surface area (Å²) in [4.78, 5) is 12.0. The van der Waals surface area contributed by atoms with Crippen LogP contribution in [0.25, 0.3) is 0 Å². The number of aliphatic hydroxyl groups excluding tert-OH is 1. The van der Waals surface area contributed by atoms with Crippen molar-refractivity contribution in [2.24, 2.45) is 11.3 Å². The fraction of sp³-hybridized carbons (Fsp3) is 0.611. The third kappa shape index (κ3) is 3.15. The van der Waals surface area contributed by atoms with Gasteiger partial charge >= 0.3 is 0 Å². The fourth-order valence-corrected chi connectivity index (χ4v) is 7.64. The van der Waals surface area contributed by atoms with Crippen LogP contribution in [0.2, 0.25) is 0 Å². The van der Waals surface area contributed by atoms with E-state index in [0.717, 1.165) is 34.2 Å². The lowest BCUT2D eigenvalue weighted by Gasteiger charge is -2.27. The van der Waals surface area contributed by atoms with Gasteiger partial charge in [-0.3, -0.25) is 4.90 Å². The number of aromatic nitrogens is 2. The molecule has 0 amide bonds. The number of imidazole rings is 1. The number of hydrogen-bond acceptors (Lipinski definition) is 6. The summed E-state index contributed by atoms with van der Waals surface area (Å²) < 4.78 is 27.9. The molecule has 2 saturated heterocycles. The molecule has 7 nitrogen and oxygen atoms in total. The van der Waals surface area contributed by atoms with Crippen LogP contribution in [0, 0.1) is 32.1 Å². The predicted molar refractivity (Wildman–Crippen MR) is 104 cm³/mol. The molecule has 0 radical (unpaired) electrons. The average Bonchev–Trinajstić information content (AvgIpc) is 3.32. The van der Waals surface area contributed by atoms with Gasteiger partial charge in [-0.05, 0) is 32.8 Å². The molecule has 9 heteroatoms. The first-order chi connectivity index (χ1) is 12.7. The standard InChI is InChI=1S/C18H26N4O3S2/c1-12-4-17(14(3)26-12)27(24,25)22-6-15-5-21(8-18(15,9-22)10-23)7-16-13(2)19-11-20-16/h4,11,15,23H,5-10H2,1-3H3,(H,19,20). The van der Waals surface area contributed by atoms with E-state index in [0.29, 0.717) is 24.5 Å². The minimum Gasteiger partial charge on any atom is -0.396 e. The summed E-state index contributed by atoms with van der Waals surface area (Å²) in [6.07, 6.45) is 1.70. The minimum absolute atomic E-state index is 0.00137. The molecule has 148 valence electrons. The molecule has 2 aliphatic heterocycles. The highest BCUT2D eigenvalue weighted by atomic mass is 32.2. The van der Waals surface area contributed by atoms with E-state index in [4.69, 9.17) is 0 Å². The number of aliphatic hydroxyl groups is 1. The van der Waals surface area contributed by atoms with Gasteiger partial charge in [0.15, 0.2) is 0 Å². The zero-order valence-electron chi connectivity index (χ0n) is 15.9. The molecule has 4 heterocycles. The number of aryl methyl sites for hydroxylation is 3. The molecule has 2 aromatic heterocycles. The van der Waals surface area contributed by atoms with E-state index in [1.165, 1.54) is 11.3 Å². The lowest BCUT2D eigenvalue weighted by atomic mass is 9.82. The van der Waals surface area contributed by atoms with Gasteiger partial charge in [0.25, 0.3) is 0 Å². The molecule has 2 fully saturated rings. The van der Waals surface area contributed by atoms with Gasteiger partial charge in [-0.1, -0.05) is 0 Å². The van der Waals surface area contributed by atoms with Crippen molar-refractivity contribution in [1.82, 2.24) is 19.2 Å². The third-order valence-electron chi connectivity index (χ3n) is 6.03. The number of thiophene rings is 1. The van der Waals surface area contributed by atoms with E-state index in [9.17, 15) is 13.5 Å². The third-order valence-corrected chi connectivity index (χ3v) is 9.07. The highest BCUT2D eigenvalue weighted by Crippen LogP contribution is 2.45. The van der Waals surface area contributed by atoms with Gasteiger partial charge in [-0.15, -0.1) is 11.3 Å². The Balaban J connectivity index is 1.53. The number of fused-ring (bicyclic) bond motifs is 1. The maximum Gasteiger partial charge on any atom is 0.244 e. The van der Waals surface area contributed by atoms with E-state index >= 15 is 0 Å². The second kappa shape index (κ2) is 6.66. The number of nitrogens with zero attached hydrogens (tertiary/aromatic N) is 3. The van der Waals surface area contributed by atoms with Crippen LogP contribution in [0.15, 0.2) is 17.3 Å². The molecule has 2 N–H and O–H groups in total. The number of sulfonamides is 1. The molecular weight excluding hydrogens is 384 g/mol. The molecule has 0 spiro atoms. The lowest BCUT2D eigenvalue weighted by Crippen LogP contribution is -2.39. The Kier molecular flexibility index (Phi) is 4.71. The Morgan fingerprint density at radius 3 is 2.67 bits per heavy atom. The number of likely N-dealkylation sites (tertiary alicyclic amines) is 1. The van der Waals surface area contributed by atoms with Crippen LogP contribution in [0.1, 0.15) is 21.1 Å². The summed E-state index contributed by atoms with van der Waals surface area (Å²) in [5.41, 5.74) is 1.67. The Labute approximate surface area is 164 Å². The Morgan fingerprint density at radius 2 is 2.11 bits per heavy atom. The highest BCUT2D eigenvalue weighted by molar-refractivity contribution is 7.89. The van der Waals surface area contributed by atoms with Crippen molar-refractivity contribution in [3.63, 3.8) is 0 Å². The Bertz CT molecular complexity index is 952. The van der Waals surface area contributed by atoms with E-state index in [1.807, 2.05) is 20.8 Å². The summed E-state index contributed by atoms with van der Waals surface area (Å²) in [7, 11) is -3.52. The molecule has 4 rings (SSSR count). The first kappa shape index (κ1) is 19.1. The Hall–Kier alpha value is -1.26. The molecule has 0 aliphatic carbocycles. The van der Waals surface area contributed by atoms with Gasteiger partial charge in [0.05, 0.1) is 23.5 Å². The van der Waals surface area contributed by atoms with Gasteiger partial charge in [-0.2, -0.15) is 4.31 Å².